The minimum absolute atomic E-state index is 0.955. The molecule has 0 amide bonds. The van der Waals surface area contributed by atoms with Crippen molar-refractivity contribution < 1.29 is 18.7 Å². The standard InChI is InChI=1S/C5H6F2O2/c1-5(7)2(3(5)6)4(8)9/h2-3H,1H3,(H,8,9). The van der Waals surface area contributed by atoms with Crippen LogP contribution in [-0.4, -0.2) is 22.9 Å². The first kappa shape index (κ1) is 6.45. The lowest BCUT2D eigenvalue weighted by Gasteiger charge is -1.88. The van der Waals surface area contributed by atoms with Crippen LogP contribution in [-0.2, 0) is 4.79 Å². The summed E-state index contributed by atoms with van der Waals surface area (Å²) in [6.45, 7) is 0.955. The summed E-state index contributed by atoms with van der Waals surface area (Å²) in [7, 11) is 0. The third kappa shape index (κ3) is 0.693. The van der Waals surface area contributed by atoms with Gasteiger partial charge in [-0.25, -0.2) is 8.78 Å². The van der Waals surface area contributed by atoms with Gasteiger partial charge in [0.2, 0.25) is 0 Å². The molecule has 1 rings (SSSR count). The van der Waals surface area contributed by atoms with Crippen molar-refractivity contribution in [1.29, 1.82) is 0 Å². The van der Waals surface area contributed by atoms with Crippen molar-refractivity contribution >= 4 is 5.97 Å². The largest absolute Gasteiger partial charge is 0.481 e. The van der Waals surface area contributed by atoms with Crippen LogP contribution in [0.15, 0.2) is 0 Å². The van der Waals surface area contributed by atoms with Gasteiger partial charge >= 0.3 is 5.97 Å². The van der Waals surface area contributed by atoms with E-state index in [1.165, 1.54) is 0 Å². The van der Waals surface area contributed by atoms with E-state index in [9.17, 15) is 13.6 Å². The third-order valence-corrected chi connectivity index (χ3v) is 1.60. The van der Waals surface area contributed by atoms with E-state index >= 15 is 0 Å². The Morgan fingerprint density at radius 3 is 2.11 bits per heavy atom. The number of rotatable bonds is 1. The van der Waals surface area contributed by atoms with E-state index in [1.807, 2.05) is 0 Å². The molecule has 1 fully saturated rings. The second-order valence-electron chi connectivity index (χ2n) is 2.37. The second kappa shape index (κ2) is 1.43. The molecule has 9 heavy (non-hydrogen) atoms. The molecule has 0 bridgehead atoms. The highest BCUT2D eigenvalue weighted by Crippen LogP contribution is 2.49. The van der Waals surface area contributed by atoms with Gasteiger partial charge in [-0.15, -0.1) is 0 Å². The Hall–Kier alpha value is -0.670. The molecule has 0 spiro atoms. The Balaban J connectivity index is 2.62. The third-order valence-electron chi connectivity index (χ3n) is 1.60. The van der Waals surface area contributed by atoms with Crippen molar-refractivity contribution in [3.8, 4) is 0 Å². The highest BCUT2D eigenvalue weighted by molar-refractivity contribution is 5.77. The molecule has 0 aromatic carbocycles. The summed E-state index contributed by atoms with van der Waals surface area (Å²) in [6.07, 6.45) is -1.81. The molecular weight excluding hydrogens is 130 g/mol. The summed E-state index contributed by atoms with van der Waals surface area (Å²) < 4.78 is 24.4. The molecule has 1 aliphatic carbocycles. The Kier molecular flexibility index (Phi) is 1.03. The van der Waals surface area contributed by atoms with Crippen molar-refractivity contribution in [3.05, 3.63) is 0 Å². The maximum absolute atomic E-state index is 12.4. The summed E-state index contributed by atoms with van der Waals surface area (Å²) >= 11 is 0. The highest BCUT2D eigenvalue weighted by Gasteiger charge is 2.68. The molecule has 0 aliphatic heterocycles. The molecule has 3 atom stereocenters. The lowest BCUT2D eigenvalue weighted by atomic mass is 10.3. The Morgan fingerprint density at radius 2 is 2.11 bits per heavy atom. The molecule has 0 aromatic rings. The van der Waals surface area contributed by atoms with Crippen LogP contribution in [0.2, 0.25) is 0 Å². The van der Waals surface area contributed by atoms with Crippen molar-refractivity contribution in [1.82, 2.24) is 0 Å². The molecule has 1 aliphatic rings. The first-order valence-corrected chi connectivity index (χ1v) is 2.53. The van der Waals surface area contributed by atoms with E-state index in [1.54, 1.807) is 0 Å². The van der Waals surface area contributed by atoms with Crippen LogP contribution in [0, 0.1) is 5.92 Å². The second-order valence-corrected chi connectivity index (χ2v) is 2.37. The number of halogens is 2. The molecule has 1 N–H and O–H groups in total. The van der Waals surface area contributed by atoms with E-state index in [0.717, 1.165) is 6.92 Å². The van der Waals surface area contributed by atoms with E-state index in [4.69, 9.17) is 5.11 Å². The zero-order chi connectivity index (χ0) is 7.23. The summed E-state index contributed by atoms with van der Waals surface area (Å²) in [5.74, 6) is -2.83. The average molecular weight is 136 g/mol. The fourth-order valence-electron chi connectivity index (χ4n) is 0.799. The van der Waals surface area contributed by atoms with E-state index < -0.39 is 23.7 Å². The number of carboxylic acid groups (broad SMARTS) is 1. The van der Waals surface area contributed by atoms with Gasteiger partial charge in [-0.05, 0) is 6.92 Å². The molecule has 2 nitrogen and oxygen atoms in total. The van der Waals surface area contributed by atoms with Crippen molar-refractivity contribution in [2.45, 2.75) is 18.8 Å². The number of hydrogen-bond acceptors (Lipinski definition) is 1. The predicted octanol–water partition coefficient (Wildman–Crippen LogP) is 0.767. The molecule has 3 unspecified atom stereocenters. The van der Waals surface area contributed by atoms with Crippen LogP contribution in [0.4, 0.5) is 8.78 Å². The fraction of sp³-hybridized carbons (Fsp3) is 0.800. The van der Waals surface area contributed by atoms with Gasteiger partial charge in [-0.1, -0.05) is 0 Å². The predicted molar refractivity (Wildman–Crippen MR) is 25.5 cm³/mol. The minimum atomic E-state index is -2.12. The van der Waals surface area contributed by atoms with E-state index in [-0.39, 0.29) is 0 Å². The summed E-state index contributed by atoms with van der Waals surface area (Å²) in [6, 6.07) is 0. The van der Waals surface area contributed by atoms with Crippen LogP contribution in [0.25, 0.3) is 0 Å². The monoisotopic (exact) mass is 136 g/mol. The number of carbonyl (C=O) groups is 1. The van der Waals surface area contributed by atoms with E-state index in [2.05, 4.69) is 0 Å². The van der Waals surface area contributed by atoms with Crippen LogP contribution in [0.1, 0.15) is 6.92 Å². The Morgan fingerprint density at radius 1 is 1.78 bits per heavy atom. The summed E-state index contributed by atoms with van der Waals surface area (Å²) in [4.78, 5) is 9.91. The SMILES string of the molecule is CC1(F)C(F)C1C(=O)O. The Labute approximate surface area is 50.5 Å². The first-order valence-electron chi connectivity index (χ1n) is 2.53. The summed E-state index contributed by atoms with van der Waals surface area (Å²) in [5.41, 5.74) is -2.12. The number of hydrogen-bond donors (Lipinski definition) is 1. The van der Waals surface area contributed by atoms with Crippen LogP contribution >= 0.6 is 0 Å². The van der Waals surface area contributed by atoms with Gasteiger partial charge in [-0.2, -0.15) is 0 Å². The Bertz CT molecular complexity index is 155. The molecule has 52 valence electrons. The number of carboxylic acids is 1. The van der Waals surface area contributed by atoms with Crippen molar-refractivity contribution in [2.75, 3.05) is 0 Å². The van der Waals surface area contributed by atoms with Gasteiger partial charge in [0.05, 0.1) is 0 Å². The number of aliphatic carboxylic acids is 1. The lowest BCUT2D eigenvalue weighted by Crippen LogP contribution is -2.06. The number of alkyl halides is 2. The molecular formula is C5H6F2O2. The topological polar surface area (TPSA) is 37.3 Å². The average Bonchev–Trinajstić information content (AvgIpc) is 2.07. The van der Waals surface area contributed by atoms with Gasteiger partial charge in [0.1, 0.15) is 5.92 Å². The van der Waals surface area contributed by atoms with Gasteiger partial charge in [0, 0.05) is 0 Å². The quantitative estimate of drug-likeness (QED) is 0.578. The van der Waals surface area contributed by atoms with Crippen molar-refractivity contribution in [2.24, 2.45) is 5.92 Å². The normalized spacial score (nSPS) is 48.8. The molecule has 0 aromatic heterocycles. The van der Waals surface area contributed by atoms with Gasteiger partial charge in [0.25, 0.3) is 0 Å². The van der Waals surface area contributed by atoms with Crippen LogP contribution in [0.3, 0.4) is 0 Å². The summed E-state index contributed by atoms with van der Waals surface area (Å²) in [5, 5.41) is 8.08. The van der Waals surface area contributed by atoms with Gasteiger partial charge < -0.3 is 5.11 Å². The zero-order valence-corrected chi connectivity index (χ0v) is 4.77. The van der Waals surface area contributed by atoms with E-state index in [0.29, 0.717) is 0 Å². The molecule has 1 saturated carbocycles. The van der Waals surface area contributed by atoms with Crippen LogP contribution < -0.4 is 0 Å². The van der Waals surface area contributed by atoms with Crippen LogP contribution in [0.5, 0.6) is 0 Å². The lowest BCUT2D eigenvalue weighted by molar-refractivity contribution is -0.139. The fourth-order valence-corrected chi connectivity index (χ4v) is 0.799. The van der Waals surface area contributed by atoms with Gasteiger partial charge in [0.15, 0.2) is 11.8 Å². The molecule has 0 heterocycles. The molecule has 4 heteroatoms. The molecule has 0 radical (unpaired) electrons. The smallest absolute Gasteiger partial charge is 0.312 e. The maximum atomic E-state index is 12.4. The van der Waals surface area contributed by atoms with Gasteiger partial charge in [-0.3, -0.25) is 4.79 Å². The highest BCUT2D eigenvalue weighted by atomic mass is 19.2. The first-order chi connectivity index (χ1) is 3.98. The zero-order valence-electron chi connectivity index (χ0n) is 4.77. The minimum Gasteiger partial charge on any atom is -0.481 e. The van der Waals surface area contributed by atoms with Crippen molar-refractivity contribution in [3.63, 3.8) is 0 Å². The molecule has 0 saturated heterocycles. The maximum Gasteiger partial charge on any atom is 0.312 e.